The first-order chi connectivity index (χ1) is 17.3. The minimum atomic E-state index is -0.281. The molecule has 0 bridgehead atoms. The molecule has 1 heterocycles. The monoisotopic (exact) mass is 480 g/mol. The van der Waals surface area contributed by atoms with Gasteiger partial charge in [0.15, 0.2) is 0 Å². The standard InChI is InChI=1S/C30H32N4O2/c1-30(2,3)25-21-26(34(33-25)24-17-11-6-12-18-24)31-27(35)19-20-28(36)32-29(22-13-7-4-8-14-22)23-15-9-5-10-16-23/h4-18,21,29H,19-20H2,1-3H3,(H,31,35)(H,32,36). The zero-order valence-corrected chi connectivity index (χ0v) is 20.9. The first-order valence-corrected chi connectivity index (χ1v) is 12.2. The average molecular weight is 481 g/mol. The Bertz CT molecular complexity index is 1250. The minimum Gasteiger partial charge on any atom is -0.345 e. The number of hydrogen-bond donors (Lipinski definition) is 2. The lowest BCUT2D eigenvalue weighted by atomic mass is 9.92. The molecule has 184 valence electrons. The molecule has 0 unspecified atom stereocenters. The van der Waals surface area contributed by atoms with Gasteiger partial charge in [0.1, 0.15) is 5.82 Å². The molecule has 2 amide bonds. The summed E-state index contributed by atoms with van der Waals surface area (Å²) in [7, 11) is 0. The van der Waals surface area contributed by atoms with Gasteiger partial charge in [-0.15, -0.1) is 0 Å². The summed E-state index contributed by atoms with van der Waals surface area (Å²) in [5.41, 5.74) is 3.53. The van der Waals surface area contributed by atoms with Gasteiger partial charge in [0.05, 0.1) is 17.4 Å². The second-order valence-corrected chi connectivity index (χ2v) is 9.78. The highest BCUT2D eigenvalue weighted by Gasteiger charge is 2.22. The summed E-state index contributed by atoms with van der Waals surface area (Å²) >= 11 is 0. The molecule has 36 heavy (non-hydrogen) atoms. The molecule has 4 rings (SSSR count). The largest absolute Gasteiger partial charge is 0.345 e. The Balaban J connectivity index is 1.44. The van der Waals surface area contributed by atoms with Crippen LogP contribution in [0.25, 0.3) is 5.69 Å². The molecule has 0 saturated carbocycles. The molecule has 0 atom stereocenters. The molecular formula is C30H32N4O2. The smallest absolute Gasteiger partial charge is 0.226 e. The van der Waals surface area contributed by atoms with Crippen LogP contribution in [0.5, 0.6) is 0 Å². The molecule has 0 radical (unpaired) electrons. The molecular weight excluding hydrogens is 448 g/mol. The summed E-state index contributed by atoms with van der Waals surface area (Å²) in [6, 6.07) is 30.9. The number of carbonyl (C=O) groups is 2. The van der Waals surface area contributed by atoms with Gasteiger partial charge >= 0.3 is 0 Å². The number of amides is 2. The zero-order chi connectivity index (χ0) is 25.5. The average Bonchev–Trinajstić information content (AvgIpc) is 3.32. The third-order valence-electron chi connectivity index (χ3n) is 5.90. The van der Waals surface area contributed by atoms with Crippen molar-refractivity contribution in [3.63, 3.8) is 0 Å². The maximum absolute atomic E-state index is 12.9. The molecule has 0 saturated heterocycles. The van der Waals surface area contributed by atoms with Gasteiger partial charge in [0, 0.05) is 24.3 Å². The molecule has 1 aromatic heterocycles. The van der Waals surface area contributed by atoms with Crippen molar-refractivity contribution in [1.82, 2.24) is 15.1 Å². The van der Waals surface area contributed by atoms with Crippen molar-refractivity contribution in [1.29, 1.82) is 0 Å². The Kier molecular flexibility index (Phi) is 7.64. The Labute approximate surface area is 212 Å². The van der Waals surface area contributed by atoms with Crippen LogP contribution in [-0.4, -0.2) is 21.6 Å². The fraction of sp³-hybridized carbons (Fsp3) is 0.233. The molecule has 6 heteroatoms. The van der Waals surface area contributed by atoms with E-state index in [4.69, 9.17) is 5.10 Å². The Hall–Kier alpha value is -4.19. The van der Waals surface area contributed by atoms with Crippen LogP contribution in [0.1, 0.15) is 56.5 Å². The highest BCUT2D eigenvalue weighted by molar-refractivity contribution is 5.93. The summed E-state index contributed by atoms with van der Waals surface area (Å²) in [6.45, 7) is 6.24. The van der Waals surface area contributed by atoms with Gasteiger partial charge in [-0.25, -0.2) is 4.68 Å². The van der Waals surface area contributed by atoms with E-state index in [0.717, 1.165) is 22.5 Å². The molecule has 3 aromatic carbocycles. The van der Waals surface area contributed by atoms with Crippen LogP contribution in [0, 0.1) is 0 Å². The van der Waals surface area contributed by atoms with Crippen LogP contribution >= 0.6 is 0 Å². The lowest BCUT2D eigenvalue weighted by Crippen LogP contribution is -2.30. The van der Waals surface area contributed by atoms with Gasteiger partial charge in [-0.05, 0) is 23.3 Å². The van der Waals surface area contributed by atoms with E-state index in [2.05, 4.69) is 31.4 Å². The SMILES string of the molecule is CC(C)(C)c1cc(NC(=O)CCC(=O)NC(c2ccccc2)c2ccccc2)n(-c2ccccc2)n1. The molecule has 0 fully saturated rings. The number of benzene rings is 3. The van der Waals surface area contributed by atoms with E-state index >= 15 is 0 Å². The summed E-state index contributed by atoms with van der Waals surface area (Å²) in [5.74, 6) is 0.163. The van der Waals surface area contributed by atoms with Crippen molar-refractivity contribution in [2.24, 2.45) is 0 Å². The van der Waals surface area contributed by atoms with Crippen molar-refractivity contribution in [3.05, 3.63) is 114 Å². The minimum absolute atomic E-state index is 0.0625. The lowest BCUT2D eigenvalue weighted by molar-refractivity contribution is -0.124. The quantitative estimate of drug-likeness (QED) is 0.335. The maximum atomic E-state index is 12.9. The third kappa shape index (κ3) is 6.27. The zero-order valence-electron chi connectivity index (χ0n) is 20.9. The molecule has 0 aliphatic heterocycles. The van der Waals surface area contributed by atoms with Crippen LogP contribution < -0.4 is 10.6 Å². The third-order valence-corrected chi connectivity index (χ3v) is 5.90. The summed E-state index contributed by atoms with van der Waals surface area (Å²) in [6.07, 6.45) is 0.139. The van der Waals surface area contributed by atoms with Gasteiger partial charge in [0.25, 0.3) is 0 Å². The van der Waals surface area contributed by atoms with Crippen molar-refractivity contribution in [2.45, 2.75) is 45.1 Å². The second kappa shape index (κ2) is 11.0. The molecule has 0 spiro atoms. The number of para-hydroxylation sites is 1. The van der Waals surface area contributed by atoms with Gasteiger partial charge in [-0.2, -0.15) is 5.10 Å². The fourth-order valence-corrected chi connectivity index (χ4v) is 3.92. The van der Waals surface area contributed by atoms with Crippen molar-refractivity contribution in [2.75, 3.05) is 5.32 Å². The van der Waals surface area contributed by atoms with Crippen LogP contribution in [-0.2, 0) is 15.0 Å². The van der Waals surface area contributed by atoms with Crippen LogP contribution in [0.4, 0.5) is 5.82 Å². The Morgan fingerprint density at radius 2 is 1.28 bits per heavy atom. The number of nitrogens with one attached hydrogen (secondary N) is 2. The number of hydrogen-bond acceptors (Lipinski definition) is 3. The molecule has 6 nitrogen and oxygen atoms in total. The number of rotatable bonds is 8. The summed E-state index contributed by atoms with van der Waals surface area (Å²) < 4.78 is 1.74. The first-order valence-electron chi connectivity index (χ1n) is 12.2. The number of aromatic nitrogens is 2. The van der Waals surface area contributed by atoms with Crippen LogP contribution in [0.2, 0.25) is 0 Å². The molecule has 4 aromatic rings. The number of nitrogens with zero attached hydrogens (tertiary/aromatic N) is 2. The van der Waals surface area contributed by atoms with Crippen LogP contribution in [0.3, 0.4) is 0 Å². The predicted molar refractivity (Wildman–Crippen MR) is 143 cm³/mol. The molecule has 2 N–H and O–H groups in total. The number of carbonyl (C=O) groups excluding carboxylic acids is 2. The molecule has 0 aliphatic carbocycles. The van der Waals surface area contributed by atoms with E-state index in [1.807, 2.05) is 97.1 Å². The topological polar surface area (TPSA) is 76.0 Å². The maximum Gasteiger partial charge on any atom is 0.226 e. The predicted octanol–water partition coefficient (Wildman–Crippen LogP) is 5.79. The van der Waals surface area contributed by atoms with Crippen molar-refractivity contribution < 1.29 is 9.59 Å². The van der Waals surface area contributed by atoms with E-state index in [9.17, 15) is 9.59 Å². The van der Waals surface area contributed by atoms with Crippen LogP contribution in [0.15, 0.2) is 97.1 Å². The van der Waals surface area contributed by atoms with E-state index in [0.29, 0.717) is 5.82 Å². The first kappa shape index (κ1) is 24.9. The van der Waals surface area contributed by atoms with Gasteiger partial charge in [0.2, 0.25) is 11.8 Å². The number of anilines is 1. The van der Waals surface area contributed by atoms with E-state index in [1.54, 1.807) is 4.68 Å². The lowest BCUT2D eigenvalue weighted by Gasteiger charge is -2.20. The summed E-state index contributed by atoms with van der Waals surface area (Å²) in [4.78, 5) is 25.7. The highest BCUT2D eigenvalue weighted by Crippen LogP contribution is 2.26. The van der Waals surface area contributed by atoms with Crippen molar-refractivity contribution >= 4 is 17.6 Å². The van der Waals surface area contributed by atoms with Gasteiger partial charge in [-0.1, -0.05) is 99.6 Å². The molecule has 0 aliphatic rings. The highest BCUT2D eigenvalue weighted by atomic mass is 16.2. The van der Waals surface area contributed by atoms with E-state index in [1.165, 1.54) is 0 Å². The van der Waals surface area contributed by atoms with E-state index < -0.39 is 0 Å². The van der Waals surface area contributed by atoms with E-state index in [-0.39, 0.29) is 36.1 Å². The van der Waals surface area contributed by atoms with Crippen molar-refractivity contribution in [3.8, 4) is 5.69 Å². The van der Waals surface area contributed by atoms with Gasteiger partial charge in [-0.3, -0.25) is 9.59 Å². The van der Waals surface area contributed by atoms with Gasteiger partial charge < -0.3 is 10.6 Å². The normalized spacial score (nSPS) is 11.3. The Morgan fingerprint density at radius 1 is 0.778 bits per heavy atom. The Morgan fingerprint density at radius 3 is 1.81 bits per heavy atom. The second-order valence-electron chi connectivity index (χ2n) is 9.78. The fourth-order valence-electron chi connectivity index (χ4n) is 3.92. The summed E-state index contributed by atoms with van der Waals surface area (Å²) in [5, 5.41) is 10.8.